The number of rotatable bonds is 4. The quantitative estimate of drug-likeness (QED) is 0.870. The maximum atomic E-state index is 13.7. The predicted octanol–water partition coefficient (Wildman–Crippen LogP) is 3.76. The second-order valence-corrected chi connectivity index (χ2v) is 4.76. The molecule has 0 radical (unpaired) electrons. The molecule has 100 valence electrons. The first-order chi connectivity index (χ1) is 9.11. The van der Waals surface area contributed by atoms with Crippen molar-refractivity contribution in [3.05, 3.63) is 52.3 Å². The third-order valence-corrected chi connectivity index (χ3v) is 3.25. The van der Waals surface area contributed by atoms with Crippen molar-refractivity contribution in [2.75, 3.05) is 12.8 Å². The van der Waals surface area contributed by atoms with Gasteiger partial charge in [-0.3, -0.25) is 0 Å². The molecule has 0 atom stereocenters. The number of hydrogen-bond acceptors (Lipinski definition) is 3. The number of ether oxygens (including phenoxy) is 2. The summed E-state index contributed by atoms with van der Waals surface area (Å²) in [7, 11) is 1.49. The summed E-state index contributed by atoms with van der Waals surface area (Å²) in [5.74, 6) is 0.615. The largest absolute Gasteiger partial charge is 0.497 e. The number of nitrogens with two attached hydrogens (primary N) is 1. The Hall–Kier alpha value is -1.75. The molecule has 0 saturated carbocycles. The van der Waals surface area contributed by atoms with Gasteiger partial charge in [-0.15, -0.1) is 0 Å². The van der Waals surface area contributed by atoms with E-state index in [9.17, 15) is 4.39 Å². The minimum Gasteiger partial charge on any atom is -0.497 e. The van der Waals surface area contributed by atoms with Gasteiger partial charge in [0.05, 0.1) is 17.3 Å². The van der Waals surface area contributed by atoms with Crippen LogP contribution in [0.25, 0.3) is 0 Å². The van der Waals surface area contributed by atoms with Crippen molar-refractivity contribution in [1.82, 2.24) is 0 Å². The third kappa shape index (κ3) is 3.17. The van der Waals surface area contributed by atoms with Crippen molar-refractivity contribution in [2.24, 2.45) is 0 Å². The molecule has 0 aliphatic rings. The molecule has 0 aromatic heterocycles. The second kappa shape index (κ2) is 5.93. The molecule has 2 aromatic carbocycles. The highest BCUT2D eigenvalue weighted by atomic mass is 79.9. The fourth-order valence-corrected chi connectivity index (χ4v) is 2.10. The minimum absolute atomic E-state index is 0.0998. The summed E-state index contributed by atoms with van der Waals surface area (Å²) in [4.78, 5) is 0. The Kier molecular flexibility index (Phi) is 4.27. The Balaban J connectivity index is 2.15. The lowest BCUT2D eigenvalue weighted by molar-refractivity contribution is 0.299. The van der Waals surface area contributed by atoms with Gasteiger partial charge in [0.2, 0.25) is 0 Å². The number of nitrogen functional groups attached to an aromatic ring is 1. The molecule has 3 nitrogen and oxygen atoms in total. The van der Waals surface area contributed by atoms with Crippen molar-refractivity contribution in [3.8, 4) is 11.5 Å². The van der Waals surface area contributed by atoms with E-state index in [0.717, 1.165) is 4.47 Å². The molecule has 2 aromatic rings. The topological polar surface area (TPSA) is 44.5 Å². The average molecular weight is 326 g/mol. The van der Waals surface area contributed by atoms with Gasteiger partial charge in [-0.2, -0.15) is 0 Å². The third-order valence-electron chi connectivity index (χ3n) is 2.63. The first-order valence-electron chi connectivity index (χ1n) is 5.61. The van der Waals surface area contributed by atoms with Gasteiger partial charge < -0.3 is 15.2 Å². The van der Waals surface area contributed by atoms with E-state index in [1.165, 1.54) is 13.2 Å². The van der Waals surface area contributed by atoms with Crippen molar-refractivity contribution >= 4 is 21.6 Å². The summed E-state index contributed by atoms with van der Waals surface area (Å²) >= 11 is 3.34. The molecule has 0 amide bonds. The molecule has 5 heteroatoms. The van der Waals surface area contributed by atoms with Gasteiger partial charge in [0.1, 0.15) is 18.2 Å². The van der Waals surface area contributed by atoms with E-state index >= 15 is 0 Å². The van der Waals surface area contributed by atoms with Crippen LogP contribution in [-0.4, -0.2) is 7.11 Å². The monoisotopic (exact) mass is 325 g/mol. The highest BCUT2D eigenvalue weighted by Gasteiger charge is 2.08. The Labute approximate surface area is 119 Å². The van der Waals surface area contributed by atoms with E-state index in [1.54, 1.807) is 24.3 Å². The van der Waals surface area contributed by atoms with Crippen LogP contribution >= 0.6 is 15.9 Å². The predicted molar refractivity (Wildman–Crippen MR) is 75.8 cm³/mol. The van der Waals surface area contributed by atoms with E-state index in [4.69, 9.17) is 15.2 Å². The van der Waals surface area contributed by atoms with Crippen LogP contribution in [0.3, 0.4) is 0 Å². The van der Waals surface area contributed by atoms with Crippen LogP contribution in [0.4, 0.5) is 10.1 Å². The lowest BCUT2D eigenvalue weighted by atomic mass is 10.2. The van der Waals surface area contributed by atoms with Gasteiger partial charge in [0.15, 0.2) is 5.75 Å². The number of hydrogen-bond donors (Lipinski definition) is 1. The zero-order valence-corrected chi connectivity index (χ0v) is 11.9. The molecule has 0 aliphatic heterocycles. The second-order valence-electron chi connectivity index (χ2n) is 3.90. The van der Waals surface area contributed by atoms with E-state index in [0.29, 0.717) is 22.7 Å². The van der Waals surface area contributed by atoms with E-state index in [2.05, 4.69) is 15.9 Å². The van der Waals surface area contributed by atoms with Crippen LogP contribution in [0.15, 0.2) is 40.9 Å². The maximum Gasteiger partial charge on any atom is 0.156 e. The first-order valence-corrected chi connectivity index (χ1v) is 6.40. The summed E-state index contributed by atoms with van der Waals surface area (Å²) in [5, 5.41) is 0. The Bertz CT molecular complexity index is 569. The average Bonchev–Trinajstić information content (AvgIpc) is 2.39. The summed E-state index contributed by atoms with van der Waals surface area (Å²) in [6.07, 6.45) is 0. The Morgan fingerprint density at radius 3 is 2.68 bits per heavy atom. The number of benzene rings is 2. The molecule has 0 heterocycles. The van der Waals surface area contributed by atoms with Crippen molar-refractivity contribution < 1.29 is 13.9 Å². The smallest absolute Gasteiger partial charge is 0.156 e. The van der Waals surface area contributed by atoms with Gasteiger partial charge >= 0.3 is 0 Å². The Morgan fingerprint density at radius 1 is 1.26 bits per heavy atom. The number of halogens is 2. The van der Waals surface area contributed by atoms with E-state index in [-0.39, 0.29) is 12.4 Å². The van der Waals surface area contributed by atoms with Crippen molar-refractivity contribution in [1.29, 1.82) is 0 Å². The molecule has 2 N–H and O–H groups in total. The summed E-state index contributed by atoms with van der Waals surface area (Å²) < 4.78 is 25.0. The zero-order chi connectivity index (χ0) is 13.8. The molecule has 2 rings (SSSR count). The van der Waals surface area contributed by atoms with Crippen LogP contribution in [0, 0.1) is 5.82 Å². The lowest BCUT2D eigenvalue weighted by Crippen LogP contribution is -2.01. The summed E-state index contributed by atoms with van der Waals surface area (Å²) in [6, 6.07) is 9.98. The SMILES string of the molecule is COc1ccc(COc2c(N)cccc2Br)c(F)c1. The van der Waals surface area contributed by atoms with Crippen LogP contribution in [0.2, 0.25) is 0 Å². The maximum absolute atomic E-state index is 13.7. The molecular weight excluding hydrogens is 313 g/mol. The molecule has 19 heavy (non-hydrogen) atoms. The van der Waals surface area contributed by atoms with Gasteiger partial charge in [0.25, 0.3) is 0 Å². The molecule has 0 aliphatic carbocycles. The van der Waals surface area contributed by atoms with Crippen LogP contribution in [0.5, 0.6) is 11.5 Å². The molecule has 0 spiro atoms. The number of methoxy groups -OCH3 is 1. The van der Waals surface area contributed by atoms with Crippen LogP contribution in [-0.2, 0) is 6.61 Å². The minimum atomic E-state index is -0.370. The van der Waals surface area contributed by atoms with E-state index < -0.39 is 0 Å². The molecule has 0 saturated heterocycles. The fourth-order valence-electron chi connectivity index (χ4n) is 1.60. The Morgan fingerprint density at radius 2 is 2.05 bits per heavy atom. The molecular formula is C14H13BrFNO2. The van der Waals surface area contributed by atoms with Gasteiger partial charge in [-0.1, -0.05) is 6.07 Å². The number of anilines is 1. The van der Waals surface area contributed by atoms with Gasteiger partial charge in [-0.05, 0) is 40.2 Å². The van der Waals surface area contributed by atoms with Gasteiger partial charge in [0, 0.05) is 11.6 Å². The van der Waals surface area contributed by atoms with E-state index in [1.807, 2.05) is 6.07 Å². The number of para-hydroxylation sites is 1. The fraction of sp³-hybridized carbons (Fsp3) is 0.143. The lowest BCUT2D eigenvalue weighted by Gasteiger charge is -2.11. The van der Waals surface area contributed by atoms with Crippen molar-refractivity contribution in [3.63, 3.8) is 0 Å². The summed E-state index contributed by atoms with van der Waals surface area (Å²) in [5.41, 5.74) is 6.74. The molecule has 0 bridgehead atoms. The molecule has 0 unspecified atom stereocenters. The summed E-state index contributed by atoms with van der Waals surface area (Å²) in [6.45, 7) is 0.0998. The van der Waals surface area contributed by atoms with Crippen LogP contribution < -0.4 is 15.2 Å². The molecule has 0 fully saturated rings. The first kappa shape index (κ1) is 13.7. The highest BCUT2D eigenvalue weighted by molar-refractivity contribution is 9.10. The van der Waals surface area contributed by atoms with Crippen LogP contribution in [0.1, 0.15) is 5.56 Å². The van der Waals surface area contributed by atoms with Crippen molar-refractivity contribution in [2.45, 2.75) is 6.61 Å². The standard InChI is InChI=1S/C14H13BrFNO2/c1-18-10-6-5-9(12(16)7-10)8-19-14-11(15)3-2-4-13(14)17/h2-7H,8,17H2,1H3. The normalized spacial score (nSPS) is 10.3. The highest BCUT2D eigenvalue weighted by Crippen LogP contribution is 2.31. The van der Waals surface area contributed by atoms with Gasteiger partial charge in [-0.25, -0.2) is 4.39 Å². The zero-order valence-electron chi connectivity index (χ0n) is 10.3.